The van der Waals surface area contributed by atoms with Crippen molar-refractivity contribution in [1.82, 2.24) is 0 Å². The van der Waals surface area contributed by atoms with Crippen molar-refractivity contribution in [3.05, 3.63) is 64.7 Å². The highest BCUT2D eigenvalue weighted by molar-refractivity contribution is 5.78. The van der Waals surface area contributed by atoms with E-state index in [2.05, 4.69) is 48.6 Å². The lowest BCUT2D eigenvalue weighted by molar-refractivity contribution is 0.178. The largest absolute Gasteiger partial charge is 0.384 e. The van der Waals surface area contributed by atoms with Crippen LogP contribution in [-0.2, 0) is 17.6 Å². The molecule has 118 valence electrons. The maximum atomic E-state index is 5.93. The van der Waals surface area contributed by atoms with Crippen LogP contribution in [0.5, 0.6) is 0 Å². The highest BCUT2D eigenvalue weighted by Gasteiger charge is 2.29. The predicted octanol–water partition coefficient (Wildman–Crippen LogP) is 3.78. The molecule has 0 aliphatic heterocycles. The van der Waals surface area contributed by atoms with Gasteiger partial charge in [0.1, 0.15) is 0 Å². The lowest BCUT2D eigenvalue weighted by atomic mass is 9.73. The van der Waals surface area contributed by atoms with E-state index in [1.54, 1.807) is 7.11 Å². The lowest BCUT2D eigenvalue weighted by Gasteiger charge is -2.32. The monoisotopic (exact) mass is 305 g/mol. The van der Waals surface area contributed by atoms with Crippen molar-refractivity contribution in [2.24, 2.45) is 11.7 Å². The first-order valence-electron chi connectivity index (χ1n) is 8.43. The second-order valence-electron chi connectivity index (χ2n) is 6.67. The summed E-state index contributed by atoms with van der Waals surface area (Å²) in [5, 5.41) is 0. The molecule has 2 aromatic carbocycles. The van der Waals surface area contributed by atoms with Crippen molar-refractivity contribution in [3.63, 3.8) is 0 Å². The maximum absolute atomic E-state index is 5.93. The van der Waals surface area contributed by atoms with Crippen LogP contribution in [0.4, 0.5) is 0 Å². The fourth-order valence-electron chi connectivity index (χ4n) is 4.17. The molecular formula is C21H23NO. The second kappa shape index (κ2) is 5.95. The summed E-state index contributed by atoms with van der Waals surface area (Å²) < 4.78 is 5.55. The van der Waals surface area contributed by atoms with E-state index in [1.807, 2.05) is 0 Å². The molecule has 0 aromatic heterocycles. The summed E-state index contributed by atoms with van der Waals surface area (Å²) in [6, 6.07) is 13.3. The molecule has 0 bridgehead atoms. The molecule has 0 saturated heterocycles. The second-order valence-corrected chi connectivity index (χ2v) is 6.67. The Morgan fingerprint density at radius 2 is 1.96 bits per heavy atom. The Kier molecular flexibility index (Phi) is 3.80. The zero-order valence-electron chi connectivity index (χ0n) is 13.6. The van der Waals surface area contributed by atoms with Gasteiger partial charge in [0.25, 0.3) is 0 Å². The van der Waals surface area contributed by atoms with Crippen molar-refractivity contribution in [3.8, 4) is 11.1 Å². The standard InChI is InChI=1S/C21H23NO/c1-23-13-17-11-16-4-2-3-5-18(16)19-9-8-15-7-6-14(12-22)10-20(15)21(17)19/h2-9,14,17H,10-13,22H2,1H3. The van der Waals surface area contributed by atoms with Crippen LogP contribution in [-0.4, -0.2) is 20.3 Å². The van der Waals surface area contributed by atoms with Crippen molar-refractivity contribution in [2.45, 2.75) is 18.8 Å². The maximum Gasteiger partial charge on any atom is 0.0534 e. The Bertz CT molecular complexity index is 762. The minimum absolute atomic E-state index is 0.435. The molecule has 2 aliphatic rings. The predicted molar refractivity (Wildman–Crippen MR) is 95.5 cm³/mol. The number of methoxy groups -OCH3 is 1. The first-order chi connectivity index (χ1) is 11.3. The van der Waals surface area contributed by atoms with Gasteiger partial charge in [-0.05, 0) is 58.7 Å². The molecule has 2 heteroatoms. The average Bonchev–Trinajstić information content (AvgIpc) is 2.61. The van der Waals surface area contributed by atoms with E-state index in [-0.39, 0.29) is 0 Å². The van der Waals surface area contributed by atoms with E-state index in [1.165, 1.54) is 33.4 Å². The molecule has 0 saturated carbocycles. The highest BCUT2D eigenvalue weighted by Crippen LogP contribution is 2.44. The molecule has 2 atom stereocenters. The molecule has 2 aliphatic carbocycles. The number of fused-ring (bicyclic) bond motifs is 5. The Labute approximate surface area is 138 Å². The molecule has 0 amide bonds. The van der Waals surface area contributed by atoms with Crippen LogP contribution in [0.2, 0.25) is 0 Å². The third kappa shape index (κ3) is 2.43. The number of hydrogen-bond acceptors (Lipinski definition) is 2. The van der Waals surface area contributed by atoms with Gasteiger partial charge in [-0.25, -0.2) is 0 Å². The number of benzene rings is 2. The molecule has 4 rings (SSSR count). The molecule has 0 radical (unpaired) electrons. The molecule has 0 fully saturated rings. The molecular weight excluding hydrogens is 282 g/mol. The van der Waals surface area contributed by atoms with E-state index in [4.69, 9.17) is 10.5 Å². The molecule has 2 nitrogen and oxygen atoms in total. The molecule has 2 unspecified atom stereocenters. The molecule has 2 aromatic rings. The average molecular weight is 305 g/mol. The van der Waals surface area contributed by atoms with E-state index >= 15 is 0 Å². The van der Waals surface area contributed by atoms with Crippen LogP contribution in [0.3, 0.4) is 0 Å². The van der Waals surface area contributed by atoms with Crippen LogP contribution in [0.1, 0.15) is 28.2 Å². The SMILES string of the molecule is COCC1Cc2ccccc2-c2ccc3c(c21)CC(CN)C=C3. The van der Waals surface area contributed by atoms with E-state index < -0.39 is 0 Å². The Morgan fingerprint density at radius 1 is 1.09 bits per heavy atom. The third-order valence-corrected chi connectivity index (χ3v) is 5.26. The van der Waals surface area contributed by atoms with E-state index in [9.17, 15) is 0 Å². The van der Waals surface area contributed by atoms with Gasteiger partial charge in [0, 0.05) is 13.0 Å². The minimum atomic E-state index is 0.435. The van der Waals surface area contributed by atoms with Crippen LogP contribution in [0.25, 0.3) is 17.2 Å². The summed E-state index contributed by atoms with van der Waals surface area (Å²) in [6.07, 6.45) is 6.62. The van der Waals surface area contributed by atoms with Gasteiger partial charge in [-0.15, -0.1) is 0 Å². The number of nitrogens with two attached hydrogens (primary N) is 1. The van der Waals surface area contributed by atoms with Gasteiger partial charge in [0.15, 0.2) is 0 Å². The topological polar surface area (TPSA) is 35.2 Å². The third-order valence-electron chi connectivity index (χ3n) is 5.26. The van der Waals surface area contributed by atoms with Gasteiger partial charge in [-0.2, -0.15) is 0 Å². The van der Waals surface area contributed by atoms with Crippen molar-refractivity contribution in [1.29, 1.82) is 0 Å². The zero-order chi connectivity index (χ0) is 15.8. The van der Waals surface area contributed by atoms with Crippen LogP contribution >= 0.6 is 0 Å². The van der Waals surface area contributed by atoms with Crippen LogP contribution in [0.15, 0.2) is 42.5 Å². The van der Waals surface area contributed by atoms with E-state index in [0.717, 1.165) is 19.4 Å². The number of rotatable bonds is 3. The van der Waals surface area contributed by atoms with Crippen molar-refractivity contribution in [2.75, 3.05) is 20.3 Å². The summed E-state index contributed by atoms with van der Waals surface area (Å²) in [7, 11) is 1.80. The van der Waals surface area contributed by atoms with Gasteiger partial charge >= 0.3 is 0 Å². The fraction of sp³-hybridized carbons (Fsp3) is 0.333. The Morgan fingerprint density at radius 3 is 2.78 bits per heavy atom. The quantitative estimate of drug-likeness (QED) is 0.936. The first-order valence-corrected chi connectivity index (χ1v) is 8.43. The normalized spacial score (nSPS) is 21.5. The van der Waals surface area contributed by atoms with Crippen LogP contribution in [0, 0.1) is 5.92 Å². The van der Waals surface area contributed by atoms with Gasteiger partial charge in [-0.3, -0.25) is 0 Å². The summed E-state index contributed by atoms with van der Waals surface area (Å²) in [4.78, 5) is 0. The molecule has 0 spiro atoms. The van der Waals surface area contributed by atoms with E-state index in [0.29, 0.717) is 18.4 Å². The van der Waals surface area contributed by atoms with Gasteiger partial charge in [0.05, 0.1) is 6.61 Å². The molecule has 2 N–H and O–H groups in total. The summed E-state index contributed by atoms with van der Waals surface area (Å²) >= 11 is 0. The number of hydrogen-bond donors (Lipinski definition) is 1. The molecule has 23 heavy (non-hydrogen) atoms. The number of ether oxygens (including phenoxy) is 1. The van der Waals surface area contributed by atoms with Gasteiger partial charge < -0.3 is 10.5 Å². The minimum Gasteiger partial charge on any atom is -0.384 e. The smallest absolute Gasteiger partial charge is 0.0534 e. The lowest BCUT2D eigenvalue weighted by Crippen LogP contribution is -2.23. The zero-order valence-corrected chi connectivity index (χ0v) is 13.6. The summed E-state index contributed by atoms with van der Waals surface area (Å²) in [6.45, 7) is 1.49. The summed E-state index contributed by atoms with van der Waals surface area (Å²) in [5.41, 5.74) is 14.5. The Hall–Kier alpha value is -1.90. The summed E-state index contributed by atoms with van der Waals surface area (Å²) in [5.74, 6) is 0.888. The first kappa shape index (κ1) is 14.7. The van der Waals surface area contributed by atoms with Crippen molar-refractivity contribution >= 4 is 6.08 Å². The van der Waals surface area contributed by atoms with Crippen LogP contribution < -0.4 is 5.73 Å². The highest BCUT2D eigenvalue weighted by atomic mass is 16.5. The molecule has 0 heterocycles. The van der Waals surface area contributed by atoms with Gasteiger partial charge in [-0.1, -0.05) is 48.6 Å². The van der Waals surface area contributed by atoms with Gasteiger partial charge in [0.2, 0.25) is 0 Å². The Balaban J connectivity index is 1.92. The van der Waals surface area contributed by atoms with Crippen molar-refractivity contribution < 1.29 is 4.74 Å². The fourth-order valence-corrected chi connectivity index (χ4v) is 4.17.